The van der Waals surface area contributed by atoms with E-state index in [0.29, 0.717) is 6.42 Å². The predicted molar refractivity (Wildman–Crippen MR) is 84.7 cm³/mol. The number of rotatable bonds is 10. The maximum atomic E-state index is 11.9. The van der Waals surface area contributed by atoms with E-state index >= 15 is 0 Å². The summed E-state index contributed by atoms with van der Waals surface area (Å²) >= 11 is 0. The Morgan fingerprint density at radius 2 is 1.58 bits per heavy atom. The quantitative estimate of drug-likeness (QED) is 0.255. The zero-order valence-corrected chi connectivity index (χ0v) is 14.0. The molecular formula is C14H26N4O6. The lowest BCUT2D eigenvalue weighted by Gasteiger charge is -2.22. The van der Waals surface area contributed by atoms with E-state index in [1.54, 1.807) is 13.8 Å². The fourth-order valence-electron chi connectivity index (χ4n) is 1.82. The lowest BCUT2D eigenvalue weighted by atomic mass is 9.99. The summed E-state index contributed by atoms with van der Waals surface area (Å²) < 4.78 is 0. The Balaban J connectivity index is 4.63. The summed E-state index contributed by atoms with van der Waals surface area (Å²) in [7, 11) is 0. The summed E-state index contributed by atoms with van der Waals surface area (Å²) in [4.78, 5) is 46.1. The molecule has 0 spiro atoms. The average molecular weight is 346 g/mol. The number of carboxylic acid groups (broad SMARTS) is 1. The number of nitrogens with two attached hydrogens (primary N) is 1. The van der Waals surface area contributed by atoms with E-state index in [1.165, 1.54) is 6.92 Å². The van der Waals surface area contributed by atoms with Gasteiger partial charge in [0, 0.05) is 0 Å². The fraction of sp³-hybridized carbons (Fsp3) is 0.714. The van der Waals surface area contributed by atoms with Crippen LogP contribution >= 0.6 is 0 Å². The predicted octanol–water partition coefficient (Wildman–Crippen LogP) is -2.46. The maximum Gasteiger partial charge on any atom is 0.326 e. The van der Waals surface area contributed by atoms with Crippen molar-refractivity contribution in [3.63, 3.8) is 0 Å². The molecule has 24 heavy (non-hydrogen) atoms. The molecule has 0 aromatic carbocycles. The van der Waals surface area contributed by atoms with Crippen molar-refractivity contribution in [2.24, 2.45) is 11.7 Å². The van der Waals surface area contributed by atoms with Crippen molar-refractivity contribution < 1.29 is 29.4 Å². The Kier molecular flexibility index (Phi) is 9.58. The van der Waals surface area contributed by atoms with Gasteiger partial charge in [0.05, 0.1) is 19.2 Å². The van der Waals surface area contributed by atoms with Crippen molar-refractivity contribution in [1.29, 1.82) is 0 Å². The standard InChI is InChI=1S/C14H26N4O6/c1-4-7(2)11(14(23)24)18-10(21)6-16-13(22)12(8(3)19)17-9(20)5-15/h7-8,11-12,19H,4-6,15H2,1-3H3,(H,16,22)(H,17,20)(H,18,21)(H,23,24). The molecule has 0 heterocycles. The van der Waals surface area contributed by atoms with Crippen molar-refractivity contribution in [3.8, 4) is 0 Å². The monoisotopic (exact) mass is 346 g/mol. The van der Waals surface area contributed by atoms with Crippen LogP contribution in [0, 0.1) is 5.92 Å². The first-order valence-electron chi connectivity index (χ1n) is 7.61. The van der Waals surface area contributed by atoms with E-state index < -0.39 is 48.4 Å². The van der Waals surface area contributed by atoms with E-state index in [9.17, 15) is 24.3 Å². The fourth-order valence-corrected chi connectivity index (χ4v) is 1.82. The first kappa shape index (κ1) is 21.8. The van der Waals surface area contributed by atoms with Gasteiger partial charge in [-0.2, -0.15) is 0 Å². The minimum atomic E-state index is -1.27. The summed E-state index contributed by atoms with van der Waals surface area (Å²) in [6.45, 7) is 3.93. The largest absolute Gasteiger partial charge is 0.480 e. The van der Waals surface area contributed by atoms with E-state index in [-0.39, 0.29) is 12.5 Å². The molecule has 10 nitrogen and oxygen atoms in total. The Labute approximate surface area is 140 Å². The third kappa shape index (κ3) is 7.38. The minimum Gasteiger partial charge on any atom is -0.480 e. The molecule has 0 fully saturated rings. The van der Waals surface area contributed by atoms with Crippen LogP contribution in [0.2, 0.25) is 0 Å². The number of hydrogen-bond acceptors (Lipinski definition) is 6. The molecule has 4 atom stereocenters. The third-order valence-corrected chi connectivity index (χ3v) is 3.49. The molecule has 4 unspecified atom stereocenters. The summed E-state index contributed by atoms with van der Waals surface area (Å²) in [6.07, 6.45) is -0.644. The highest BCUT2D eigenvalue weighted by molar-refractivity contribution is 5.92. The van der Waals surface area contributed by atoms with Crippen molar-refractivity contribution in [3.05, 3.63) is 0 Å². The molecule has 3 amide bonds. The molecule has 0 aromatic rings. The van der Waals surface area contributed by atoms with Crippen LogP contribution in [-0.2, 0) is 19.2 Å². The molecule has 0 bridgehead atoms. The van der Waals surface area contributed by atoms with Gasteiger partial charge in [0.15, 0.2) is 0 Å². The van der Waals surface area contributed by atoms with Gasteiger partial charge in [0.25, 0.3) is 0 Å². The van der Waals surface area contributed by atoms with Crippen LogP contribution in [0.15, 0.2) is 0 Å². The van der Waals surface area contributed by atoms with Gasteiger partial charge < -0.3 is 31.9 Å². The Hall–Kier alpha value is -2.20. The number of nitrogens with one attached hydrogen (secondary N) is 3. The molecule has 0 aliphatic rings. The van der Waals surface area contributed by atoms with Crippen LogP contribution in [0.25, 0.3) is 0 Å². The Bertz CT molecular complexity index is 468. The van der Waals surface area contributed by atoms with E-state index in [2.05, 4.69) is 16.0 Å². The molecule has 0 aliphatic carbocycles. The zero-order chi connectivity index (χ0) is 18.9. The highest BCUT2D eigenvalue weighted by Gasteiger charge is 2.27. The van der Waals surface area contributed by atoms with Gasteiger partial charge in [-0.05, 0) is 12.8 Å². The van der Waals surface area contributed by atoms with E-state index in [4.69, 9.17) is 10.8 Å². The highest BCUT2D eigenvalue weighted by Crippen LogP contribution is 2.07. The van der Waals surface area contributed by atoms with Crippen LogP contribution in [0.1, 0.15) is 27.2 Å². The van der Waals surface area contributed by atoms with Crippen molar-refractivity contribution in [1.82, 2.24) is 16.0 Å². The molecule has 0 radical (unpaired) electrons. The maximum absolute atomic E-state index is 11.9. The normalized spacial score (nSPS) is 15.5. The first-order chi connectivity index (χ1) is 11.1. The Morgan fingerprint density at radius 3 is 2.00 bits per heavy atom. The van der Waals surface area contributed by atoms with Gasteiger partial charge in [-0.3, -0.25) is 14.4 Å². The topological polar surface area (TPSA) is 171 Å². The van der Waals surface area contributed by atoms with Crippen LogP contribution in [-0.4, -0.2) is 65.2 Å². The van der Waals surface area contributed by atoms with Gasteiger partial charge >= 0.3 is 5.97 Å². The molecule has 0 saturated heterocycles. The number of carboxylic acids is 1. The molecule has 0 aliphatic heterocycles. The highest BCUT2D eigenvalue weighted by atomic mass is 16.4. The summed E-state index contributed by atoms with van der Waals surface area (Å²) in [5.41, 5.74) is 5.12. The summed E-state index contributed by atoms with van der Waals surface area (Å²) in [5.74, 6) is -3.55. The van der Waals surface area contributed by atoms with Crippen LogP contribution in [0.4, 0.5) is 0 Å². The number of aliphatic carboxylic acids is 1. The second kappa shape index (κ2) is 10.6. The van der Waals surface area contributed by atoms with Crippen LogP contribution in [0.3, 0.4) is 0 Å². The number of hydrogen-bond donors (Lipinski definition) is 6. The average Bonchev–Trinajstić information content (AvgIpc) is 2.53. The van der Waals surface area contributed by atoms with Crippen LogP contribution in [0.5, 0.6) is 0 Å². The smallest absolute Gasteiger partial charge is 0.326 e. The summed E-state index contributed by atoms with van der Waals surface area (Å²) in [6, 6.07) is -2.33. The third-order valence-electron chi connectivity index (χ3n) is 3.49. The molecule has 10 heteroatoms. The number of aliphatic hydroxyl groups is 1. The minimum absolute atomic E-state index is 0.281. The second-order valence-electron chi connectivity index (χ2n) is 5.48. The molecule has 0 saturated carbocycles. The lowest BCUT2D eigenvalue weighted by molar-refractivity contribution is -0.143. The molecule has 0 aromatic heterocycles. The number of carbonyl (C=O) groups is 4. The van der Waals surface area contributed by atoms with E-state index in [1.807, 2.05) is 0 Å². The molecule has 0 rings (SSSR count). The number of carbonyl (C=O) groups excluding carboxylic acids is 3. The molecular weight excluding hydrogens is 320 g/mol. The van der Waals surface area contributed by atoms with Gasteiger partial charge in [0.1, 0.15) is 12.1 Å². The van der Waals surface area contributed by atoms with Crippen molar-refractivity contribution >= 4 is 23.7 Å². The van der Waals surface area contributed by atoms with Crippen LogP contribution < -0.4 is 21.7 Å². The lowest BCUT2D eigenvalue weighted by Crippen LogP contribution is -2.55. The second-order valence-corrected chi connectivity index (χ2v) is 5.48. The zero-order valence-electron chi connectivity index (χ0n) is 14.0. The number of aliphatic hydroxyl groups excluding tert-OH is 1. The van der Waals surface area contributed by atoms with Crippen molar-refractivity contribution in [2.75, 3.05) is 13.1 Å². The first-order valence-corrected chi connectivity index (χ1v) is 7.61. The molecule has 7 N–H and O–H groups in total. The van der Waals surface area contributed by atoms with Gasteiger partial charge in [-0.15, -0.1) is 0 Å². The van der Waals surface area contributed by atoms with E-state index in [0.717, 1.165) is 0 Å². The SMILES string of the molecule is CCC(C)C(NC(=O)CNC(=O)C(NC(=O)CN)C(C)O)C(=O)O. The molecule has 138 valence electrons. The van der Waals surface area contributed by atoms with Gasteiger partial charge in [-0.25, -0.2) is 4.79 Å². The van der Waals surface area contributed by atoms with Gasteiger partial charge in [0.2, 0.25) is 17.7 Å². The van der Waals surface area contributed by atoms with Gasteiger partial charge in [-0.1, -0.05) is 20.3 Å². The van der Waals surface area contributed by atoms with Crippen molar-refractivity contribution in [2.45, 2.75) is 45.4 Å². The number of amides is 3. The Morgan fingerprint density at radius 1 is 1.04 bits per heavy atom. The summed E-state index contributed by atoms with van der Waals surface area (Å²) in [5, 5.41) is 25.4.